The first-order valence-corrected chi connectivity index (χ1v) is 6.90. The monoisotopic (exact) mass is 356 g/mol. The number of piperidine rings is 1. The lowest BCUT2D eigenvalue weighted by Gasteiger charge is -2.31. The second-order valence-corrected chi connectivity index (χ2v) is 5.55. The molecule has 18 heavy (non-hydrogen) atoms. The summed E-state index contributed by atoms with van der Waals surface area (Å²) in [6.45, 7) is 0.585. The summed E-state index contributed by atoms with van der Waals surface area (Å²) in [5.74, 6) is -0.278. The van der Waals surface area contributed by atoms with Gasteiger partial charge in [-0.2, -0.15) is 5.26 Å². The Kier molecular flexibility index (Phi) is 4.07. The normalized spacial score (nSPS) is 19.3. The number of aromatic hydroxyl groups is 1. The van der Waals surface area contributed by atoms with Crippen LogP contribution in [0.1, 0.15) is 29.6 Å². The van der Waals surface area contributed by atoms with Gasteiger partial charge in [0, 0.05) is 10.1 Å². The second-order valence-electron chi connectivity index (χ2n) is 4.30. The minimum absolute atomic E-state index is 0.0253. The van der Waals surface area contributed by atoms with E-state index in [1.165, 1.54) is 6.07 Å². The number of amides is 1. The van der Waals surface area contributed by atoms with Crippen molar-refractivity contribution >= 4 is 28.5 Å². The predicted octanol–water partition coefficient (Wildman–Crippen LogP) is 2.52. The minimum Gasteiger partial charge on any atom is -0.507 e. The van der Waals surface area contributed by atoms with E-state index >= 15 is 0 Å². The van der Waals surface area contributed by atoms with Crippen LogP contribution in [0.15, 0.2) is 18.2 Å². The number of phenols is 1. The molecule has 1 aromatic rings. The third-order valence-corrected chi connectivity index (χ3v) is 3.77. The van der Waals surface area contributed by atoms with Crippen molar-refractivity contribution in [3.63, 3.8) is 0 Å². The average Bonchev–Trinajstić information content (AvgIpc) is 2.40. The number of halogens is 1. The van der Waals surface area contributed by atoms with Crippen molar-refractivity contribution in [3.05, 3.63) is 27.3 Å². The molecule has 1 aliphatic rings. The van der Waals surface area contributed by atoms with Crippen LogP contribution in [-0.2, 0) is 0 Å². The van der Waals surface area contributed by atoms with Crippen LogP contribution >= 0.6 is 22.6 Å². The number of rotatable bonds is 1. The van der Waals surface area contributed by atoms with E-state index in [-0.39, 0.29) is 23.3 Å². The molecule has 0 bridgehead atoms. The molecule has 94 valence electrons. The molecular formula is C13H13IN2O2. The zero-order chi connectivity index (χ0) is 13.1. The Morgan fingerprint density at radius 2 is 2.28 bits per heavy atom. The van der Waals surface area contributed by atoms with Gasteiger partial charge >= 0.3 is 0 Å². The van der Waals surface area contributed by atoms with E-state index in [1.54, 1.807) is 17.0 Å². The van der Waals surface area contributed by atoms with E-state index in [0.29, 0.717) is 13.0 Å². The molecule has 1 N–H and O–H groups in total. The molecule has 0 spiro atoms. The molecule has 0 aliphatic carbocycles. The summed E-state index contributed by atoms with van der Waals surface area (Å²) in [7, 11) is 0. The highest BCUT2D eigenvalue weighted by atomic mass is 127. The SMILES string of the molecule is N#CC1CCCCN1C(=O)c1cc(I)ccc1O. The van der Waals surface area contributed by atoms with Crippen LogP contribution in [0.4, 0.5) is 0 Å². The number of benzene rings is 1. The molecule has 1 fully saturated rings. The van der Waals surface area contributed by atoms with Crippen molar-refractivity contribution in [3.8, 4) is 11.8 Å². The lowest BCUT2D eigenvalue weighted by molar-refractivity contribution is 0.0667. The molecule has 1 aliphatic heterocycles. The van der Waals surface area contributed by atoms with Crippen molar-refractivity contribution in [2.24, 2.45) is 0 Å². The van der Waals surface area contributed by atoms with Gasteiger partial charge in [0.15, 0.2) is 0 Å². The number of carbonyl (C=O) groups is 1. The predicted molar refractivity (Wildman–Crippen MR) is 75.1 cm³/mol. The zero-order valence-corrected chi connectivity index (χ0v) is 11.9. The van der Waals surface area contributed by atoms with E-state index in [9.17, 15) is 9.90 Å². The van der Waals surface area contributed by atoms with Crippen LogP contribution < -0.4 is 0 Å². The first-order chi connectivity index (χ1) is 8.63. The van der Waals surface area contributed by atoms with Crippen molar-refractivity contribution in [1.82, 2.24) is 4.90 Å². The Morgan fingerprint density at radius 3 is 3.00 bits per heavy atom. The maximum atomic E-state index is 12.4. The smallest absolute Gasteiger partial charge is 0.258 e. The summed E-state index contributed by atoms with van der Waals surface area (Å²) in [5.41, 5.74) is 0.282. The van der Waals surface area contributed by atoms with Crippen molar-refractivity contribution < 1.29 is 9.90 Å². The summed E-state index contributed by atoms with van der Waals surface area (Å²) in [6, 6.07) is 6.70. The maximum absolute atomic E-state index is 12.4. The summed E-state index contributed by atoms with van der Waals surface area (Å²) < 4.78 is 0.888. The van der Waals surface area contributed by atoms with Gasteiger partial charge in [-0.1, -0.05) is 0 Å². The van der Waals surface area contributed by atoms with Gasteiger partial charge in [0.1, 0.15) is 11.8 Å². The minimum atomic E-state index is -0.372. The standard InChI is InChI=1S/C13H13IN2O2/c14-9-4-5-12(17)11(7-9)13(18)16-6-2-1-3-10(16)8-15/h4-5,7,10,17H,1-3,6H2. The van der Waals surface area contributed by atoms with Gasteiger partial charge in [0.05, 0.1) is 11.6 Å². The van der Waals surface area contributed by atoms with Gasteiger partial charge in [-0.25, -0.2) is 0 Å². The van der Waals surface area contributed by atoms with Gasteiger partial charge in [-0.3, -0.25) is 4.79 Å². The summed E-state index contributed by atoms with van der Waals surface area (Å²) in [6.07, 6.45) is 2.60. The molecular weight excluding hydrogens is 343 g/mol. The number of hydrogen-bond donors (Lipinski definition) is 1. The van der Waals surface area contributed by atoms with E-state index < -0.39 is 0 Å². The Balaban J connectivity index is 2.30. The van der Waals surface area contributed by atoms with Crippen LogP contribution in [0.3, 0.4) is 0 Å². The number of likely N-dealkylation sites (tertiary alicyclic amines) is 1. The maximum Gasteiger partial charge on any atom is 0.258 e. The first kappa shape index (κ1) is 13.1. The molecule has 1 atom stereocenters. The summed E-state index contributed by atoms with van der Waals surface area (Å²) in [4.78, 5) is 13.9. The zero-order valence-electron chi connectivity index (χ0n) is 9.77. The van der Waals surface area contributed by atoms with Gasteiger partial charge in [-0.15, -0.1) is 0 Å². The van der Waals surface area contributed by atoms with Crippen molar-refractivity contribution in [2.75, 3.05) is 6.54 Å². The molecule has 0 aromatic heterocycles. The fourth-order valence-corrected chi connectivity index (χ4v) is 2.63. The summed E-state index contributed by atoms with van der Waals surface area (Å²) >= 11 is 2.09. The van der Waals surface area contributed by atoms with Crippen LogP contribution in [-0.4, -0.2) is 28.5 Å². The number of carbonyl (C=O) groups excluding carboxylic acids is 1. The second kappa shape index (κ2) is 5.57. The largest absolute Gasteiger partial charge is 0.507 e. The van der Waals surface area contributed by atoms with Gasteiger partial charge in [0.2, 0.25) is 0 Å². The number of phenolic OH excluding ortho intramolecular Hbond substituents is 1. The van der Waals surface area contributed by atoms with Gasteiger partial charge in [0.25, 0.3) is 5.91 Å². The highest BCUT2D eigenvalue weighted by Crippen LogP contribution is 2.25. The van der Waals surface area contributed by atoms with E-state index in [2.05, 4.69) is 28.7 Å². The highest BCUT2D eigenvalue weighted by Gasteiger charge is 2.28. The molecule has 5 heteroatoms. The Morgan fingerprint density at radius 1 is 1.50 bits per heavy atom. The Labute approximate surface area is 119 Å². The van der Waals surface area contributed by atoms with Crippen molar-refractivity contribution in [2.45, 2.75) is 25.3 Å². The molecule has 4 nitrogen and oxygen atoms in total. The summed E-state index contributed by atoms with van der Waals surface area (Å²) in [5, 5.41) is 18.8. The molecule has 2 rings (SSSR count). The lowest BCUT2D eigenvalue weighted by atomic mass is 10.0. The fraction of sp³-hybridized carbons (Fsp3) is 0.385. The van der Waals surface area contributed by atoms with E-state index in [0.717, 1.165) is 16.4 Å². The number of nitriles is 1. The molecule has 1 aromatic carbocycles. The van der Waals surface area contributed by atoms with Crippen LogP contribution in [0.2, 0.25) is 0 Å². The van der Waals surface area contributed by atoms with Gasteiger partial charge in [-0.05, 0) is 60.1 Å². The molecule has 1 amide bonds. The van der Waals surface area contributed by atoms with Crippen LogP contribution in [0, 0.1) is 14.9 Å². The quantitative estimate of drug-likeness (QED) is 0.787. The number of nitrogens with zero attached hydrogens (tertiary/aromatic N) is 2. The molecule has 1 saturated heterocycles. The van der Waals surface area contributed by atoms with Crippen LogP contribution in [0.25, 0.3) is 0 Å². The molecule has 0 saturated carbocycles. The topological polar surface area (TPSA) is 64.3 Å². The highest BCUT2D eigenvalue weighted by molar-refractivity contribution is 14.1. The van der Waals surface area contributed by atoms with Crippen LogP contribution in [0.5, 0.6) is 5.75 Å². The third kappa shape index (κ3) is 2.58. The van der Waals surface area contributed by atoms with Gasteiger partial charge < -0.3 is 10.0 Å². The van der Waals surface area contributed by atoms with E-state index in [1.807, 2.05) is 0 Å². The fourth-order valence-electron chi connectivity index (χ4n) is 2.14. The molecule has 1 unspecified atom stereocenters. The molecule has 1 heterocycles. The molecule has 0 radical (unpaired) electrons. The first-order valence-electron chi connectivity index (χ1n) is 5.82. The Hall–Kier alpha value is -1.29. The Bertz CT molecular complexity index is 510. The number of hydrogen-bond acceptors (Lipinski definition) is 3. The lowest BCUT2D eigenvalue weighted by Crippen LogP contribution is -2.43. The van der Waals surface area contributed by atoms with E-state index in [4.69, 9.17) is 5.26 Å². The van der Waals surface area contributed by atoms with Crippen molar-refractivity contribution in [1.29, 1.82) is 5.26 Å². The average molecular weight is 356 g/mol. The third-order valence-electron chi connectivity index (χ3n) is 3.10.